The highest BCUT2D eigenvalue weighted by atomic mass is 32.1. The fraction of sp³-hybridized carbons (Fsp3) is 0.526. The number of halogens is 6. The number of carbonyl (C=O) groups is 2. The van der Waals surface area contributed by atoms with E-state index in [1.54, 1.807) is 17.4 Å². The molecule has 2 aromatic rings. The molecule has 0 fully saturated rings. The average molecular weight is 547 g/mol. The quantitative estimate of drug-likeness (QED) is 0.317. The molecule has 2 aromatic heterocycles. The zero-order valence-electron chi connectivity index (χ0n) is 18.8. The van der Waals surface area contributed by atoms with E-state index in [1.807, 2.05) is 11.6 Å². The predicted molar refractivity (Wildman–Crippen MR) is 113 cm³/mol. The number of alkyl halides is 6. The summed E-state index contributed by atoms with van der Waals surface area (Å²) < 4.78 is 71.0. The molecule has 1 aliphatic rings. The molecular weight excluding hydrogens is 524 g/mol. The van der Waals surface area contributed by atoms with E-state index in [4.69, 9.17) is 24.5 Å². The second kappa shape index (κ2) is 13.9. The molecule has 0 bridgehead atoms. The van der Waals surface area contributed by atoms with Gasteiger partial charge >= 0.3 is 24.3 Å². The number of carboxylic acids is 2. The topological polar surface area (TPSA) is 131 Å². The van der Waals surface area contributed by atoms with Crippen LogP contribution in [0.4, 0.5) is 26.3 Å². The van der Waals surface area contributed by atoms with Crippen LogP contribution in [0.2, 0.25) is 0 Å². The van der Waals surface area contributed by atoms with Crippen LogP contribution in [0.5, 0.6) is 0 Å². The SMILES string of the molecule is C=CCOCc1nnn2c1CN(Cc1csc(C)n1)CCC2.O=C(O)C(F)(F)F.O=C(O)C(F)(F)F. The molecule has 0 saturated carbocycles. The number of carboxylic acid groups (broad SMARTS) is 2. The minimum absolute atomic E-state index is 0.491. The van der Waals surface area contributed by atoms with Gasteiger partial charge in [-0.25, -0.2) is 19.3 Å². The normalized spacial score (nSPS) is 13.9. The summed E-state index contributed by atoms with van der Waals surface area (Å²) in [5, 5.41) is 26.0. The highest BCUT2D eigenvalue weighted by Crippen LogP contribution is 2.19. The number of hydrogen-bond acceptors (Lipinski definition) is 8. The number of ether oxygens (including phenoxy) is 1. The van der Waals surface area contributed by atoms with Crippen molar-refractivity contribution in [1.29, 1.82) is 0 Å². The Hall–Kier alpha value is -3.05. The van der Waals surface area contributed by atoms with Crippen LogP contribution >= 0.6 is 11.3 Å². The molecule has 202 valence electrons. The number of aryl methyl sites for hydroxylation is 2. The van der Waals surface area contributed by atoms with Crippen LogP contribution in [-0.4, -0.2) is 72.5 Å². The molecule has 36 heavy (non-hydrogen) atoms. The number of hydrogen-bond donors (Lipinski definition) is 2. The molecule has 1 aliphatic heterocycles. The van der Waals surface area contributed by atoms with Crippen molar-refractivity contribution in [3.63, 3.8) is 0 Å². The first-order valence-corrected chi connectivity index (χ1v) is 10.9. The van der Waals surface area contributed by atoms with Gasteiger partial charge in [-0.1, -0.05) is 11.3 Å². The second-order valence-corrected chi connectivity index (χ2v) is 8.10. The zero-order chi connectivity index (χ0) is 27.5. The van der Waals surface area contributed by atoms with Gasteiger partial charge < -0.3 is 14.9 Å². The number of thiazole rings is 1. The molecule has 3 heterocycles. The van der Waals surface area contributed by atoms with Gasteiger partial charge in [0.2, 0.25) is 0 Å². The maximum atomic E-state index is 10.6. The highest BCUT2D eigenvalue weighted by molar-refractivity contribution is 7.09. The third-order valence-electron chi connectivity index (χ3n) is 4.15. The van der Waals surface area contributed by atoms with E-state index in [-0.39, 0.29) is 0 Å². The van der Waals surface area contributed by atoms with E-state index >= 15 is 0 Å². The first-order chi connectivity index (χ1) is 16.6. The Kier molecular flexibility index (Phi) is 11.9. The van der Waals surface area contributed by atoms with E-state index in [1.165, 1.54) is 0 Å². The van der Waals surface area contributed by atoms with E-state index in [0.29, 0.717) is 13.2 Å². The van der Waals surface area contributed by atoms with E-state index in [0.717, 1.165) is 54.7 Å². The van der Waals surface area contributed by atoms with Crippen LogP contribution in [0.3, 0.4) is 0 Å². The van der Waals surface area contributed by atoms with Crippen LogP contribution in [0.25, 0.3) is 0 Å². The van der Waals surface area contributed by atoms with Crippen molar-refractivity contribution >= 4 is 23.3 Å². The molecule has 0 atom stereocenters. The summed E-state index contributed by atoms with van der Waals surface area (Å²) in [6, 6.07) is 0. The minimum atomic E-state index is -5.08. The summed E-state index contributed by atoms with van der Waals surface area (Å²) in [6.45, 7) is 10.4. The molecule has 0 spiro atoms. The van der Waals surface area contributed by atoms with Crippen molar-refractivity contribution in [1.82, 2.24) is 24.9 Å². The Bertz CT molecular complexity index is 984. The lowest BCUT2D eigenvalue weighted by molar-refractivity contribution is -0.193. The Morgan fingerprint density at radius 3 is 2.22 bits per heavy atom. The molecule has 2 N–H and O–H groups in total. The Balaban J connectivity index is 0.000000383. The van der Waals surface area contributed by atoms with Crippen molar-refractivity contribution in [3.05, 3.63) is 40.1 Å². The van der Waals surface area contributed by atoms with Crippen LogP contribution in [-0.2, 0) is 40.6 Å². The molecule has 17 heteroatoms. The van der Waals surface area contributed by atoms with Gasteiger partial charge in [-0.2, -0.15) is 26.3 Å². The number of aliphatic carboxylic acids is 2. The van der Waals surface area contributed by atoms with Gasteiger partial charge in [-0.3, -0.25) is 4.90 Å². The third-order valence-corrected chi connectivity index (χ3v) is 4.97. The Labute approximate surface area is 204 Å². The molecule has 0 radical (unpaired) electrons. The van der Waals surface area contributed by atoms with Crippen molar-refractivity contribution in [2.75, 3.05) is 13.2 Å². The Morgan fingerprint density at radius 1 is 1.17 bits per heavy atom. The van der Waals surface area contributed by atoms with Gasteiger partial charge in [0.15, 0.2) is 0 Å². The predicted octanol–water partition coefficient (Wildman–Crippen LogP) is 3.42. The number of rotatable bonds is 6. The fourth-order valence-corrected chi connectivity index (χ4v) is 3.26. The van der Waals surface area contributed by atoms with Gasteiger partial charge in [0, 0.05) is 31.6 Å². The van der Waals surface area contributed by atoms with Gasteiger partial charge in [0.1, 0.15) is 5.69 Å². The average Bonchev–Trinajstić information content (AvgIpc) is 3.27. The van der Waals surface area contributed by atoms with Crippen molar-refractivity contribution in [2.45, 2.75) is 51.9 Å². The number of nitrogens with zero attached hydrogens (tertiary/aromatic N) is 5. The molecule has 10 nitrogen and oxygen atoms in total. The maximum Gasteiger partial charge on any atom is 0.490 e. The number of aromatic nitrogens is 4. The molecular formula is C19H23F6N5O5S. The summed E-state index contributed by atoms with van der Waals surface area (Å²) >= 11 is 1.71. The van der Waals surface area contributed by atoms with Crippen LogP contribution in [0.15, 0.2) is 18.0 Å². The summed E-state index contributed by atoms with van der Waals surface area (Å²) in [6.07, 6.45) is -7.34. The largest absolute Gasteiger partial charge is 0.490 e. The van der Waals surface area contributed by atoms with Crippen molar-refractivity contribution in [2.24, 2.45) is 0 Å². The monoisotopic (exact) mass is 547 g/mol. The standard InChI is InChI=1S/C15H21N5OS.2C2HF3O2/c1-3-7-21-10-14-15-9-19(5-4-6-20(15)18-17-14)8-13-11-22-12(2)16-13;2*3-2(4,5)1(6)7/h3,11H,1,4-10H2,2H3;2*(H,6,7). The van der Waals surface area contributed by atoms with E-state index < -0.39 is 24.3 Å². The zero-order valence-corrected chi connectivity index (χ0v) is 19.7. The maximum absolute atomic E-state index is 10.6. The van der Waals surface area contributed by atoms with Crippen LogP contribution < -0.4 is 0 Å². The molecule has 0 saturated heterocycles. The van der Waals surface area contributed by atoms with Crippen molar-refractivity contribution in [3.8, 4) is 0 Å². The lowest BCUT2D eigenvalue weighted by Gasteiger charge is -2.18. The fourth-order valence-electron chi connectivity index (χ4n) is 2.65. The molecule has 0 amide bonds. The summed E-state index contributed by atoms with van der Waals surface area (Å²) in [7, 11) is 0. The smallest absolute Gasteiger partial charge is 0.475 e. The second-order valence-electron chi connectivity index (χ2n) is 7.04. The van der Waals surface area contributed by atoms with Crippen LogP contribution in [0, 0.1) is 6.92 Å². The van der Waals surface area contributed by atoms with Gasteiger partial charge in [-0.05, 0) is 13.3 Å². The first-order valence-electron chi connectivity index (χ1n) is 9.98. The van der Waals surface area contributed by atoms with Crippen molar-refractivity contribution < 1.29 is 50.9 Å². The first kappa shape index (κ1) is 31.0. The highest BCUT2D eigenvalue weighted by Gasteiger charge is 2.38. The van der Waals surface area contributed by atoms with Crippen LogP contribution in [0.1, 0.15) is 28.5 Å². The van der Waals surface area contributed by atoms with Gasteiger partial charge in [0.05, 0.1) is 29.6 Å². The lowest BCUT2D eigenvalue weighted by Crippen LogP contribution is -2.23. The summed E-state index contributed by atoms with van der Waals surface area (Å²) in [5.41, 5.74) is 3.24. The minimum Gasteiger partial charge on any atom is -0.475 e. The number of fused-ring (bicyclic) bond motifs is 1. The summed E-state index contributed by atoms with van der Waals surface area (Å²) in [5.74, 6) is -5.51. The molecule has 0 aliphatic carbocycles. The third kappa shape index (κ3) is 11.1. The lowest BCUT2D eigenvalue weighted by atomic mass is 10.3. The summed E-state index contributed by atoms with van der Waals surface area (Å²) in [4.78, 5) is 24.8. The van der Waals surface area contributed by atoms with Gasteiger partial charge in [-0.15, -0.1) is 23.0 Å². The Morgan fingerprint density at radius 2 is 1.75 bits per heavy atom. The van der Waals surface area contributed by atoms with E-state index in [2.05, 4.69) is 32.2 Å². The molecule has 3 rings (SSSR count). The van der Waals surface area contributed by atoms with E-state index in [9.17, 15) is 26.3 Å². The molecule has 0 unspecified atom stereocenters. The molecule has 0 aromatic carbocycles. The van der Waals surface area contributed by atoms with Gasteiger partial charge in [0.25, 0.3) is 0 Å².